The summed E-state index contributed by atoms with van der Waals surface area (Å²) in [6.07, 6.45) is -1.94. The fourth-order valence-electron chi connectivity index (χ4n) is 2.29. The Morgan fingerprint density at radius 2 is 1.33 bits per heavy atom. The van der Waals surface area contributed by atoms with E-state index in [-0.39, 0.29) is 22.3 Å². The van der Waals surface area contributed by atoms with Gasteiger partial charge in [0.2, 0.25) is 0 Å². The smallest absolute Gasteiger partial charge is 0.123 e. The highest BCUT2D eigenvalue weighted by Crippen LogP contribution is 2.41. The Hall–Kier alpha value is -0.710. The number of hydrogen-bond donors (Lipinski definition) is 4. The monoisotopic (exact) mass is 312 g/mol. The molecule has 1 rings (SSSR count). The number of aromatic hydroxyl groups is 1. The van der Waals surface area contributed by atoms with Gasteiger partial charge in [-0.1, -0.05) is 41.5 Å². The maximum atomic E-state index is 10.6. The molecule has 0 saturated heterocycles. The number of aliphatic hydroxyl groups is 2. The summed E-state index contributed by atoms with van der Waals surface area (Å²) in [7, 11) is 0. The van der Waals surface area contributed by atoms with Crippen LogP contribution in [0.1, 0.15) is 64.3 Å². The maximum Gasteiger partial charge on any atom is 0.123 e. The fourth-order valence-corrected chi connectivity index (χ4v) is 2.49. The van der Waals surface area contributed by atoms with Gasteiger partial charge in [-0.25, -0.2) is 0 Å². The Labute approximate surface area is 133 Å². The van der Waals surface area contributed by atoms with E-state index < -0.39 is 12.2 Å². The molecule has 3 N–H and O–H groups in total. The lowest BCUT2D eigenvalue weighted by Crippen LogP contribution is -2.23. The third-order valence-corrected chi connectivity index (χ3v) is 4.02. The zero-order valence-electron chi connectivity index (χ0n) is 13.8. The first-order valence-electron chi connectivity index (χ1n) is 7.24. The number of rotatable bonds is 3. The molecule has 4 heteroatoms. The van der Waals surface area contributed by atoms with Gasteiger partial charge in [-0.3, -0.25) is 0 Å². The third-order valence-electron chi connectivity index (χ3n) is 3.64. The molecule has 0 radical (unpaired) electrons. The lowest BCUT2D eigenvalue weighted by molar-refractivity contribution is 0.0335. The summed E-state index contributed by atoms with van der Waals surface area (Å²) in [6.45, 7) is 12.1. The first-order chi connectivity index (χ1) is 9.39. The van der Waals surface area contributed by atoms with E-state index in [1.165, 1.54) is 0 Å². The van der Waals surface area contributed by atoms with Crippen LogP contribution in [0, 0.1) is 0 Å². The van der Waals surface area contributed by atoms with Crippen molar-refractivity contribution >= 4 is 12.6 Å². The molecule has 3 nitrogen and oxygen atoms in total. The van der Waals surface area contributed by atoms with Gasteiger partial charge in [-0.2, -0.15) is 12.6 Å². The van der Waals surface area contributed by atoms with Crippen molar-refractivity contribution < 1.29 is 15.3 Å². The van der Waals surface area contributed by atoms with Crippen LogP contribution in [-0.4, -0.2) is 27.2 Å². The zero-order chi connectivity index (χ0) is 16.6. The van der Waals surface area contributed by atoms with Crippen LogP contribution in [0.2, 0.25) is 0 Å². The lowest BCUT2D eigenvalue weighted by Gasteiger charge is -2.29. The number of aliphatic hydroxyl groups excluding tert-OH is 2. The van der Waals surface area contributed by atoms with Gasteiger partial charge in [0, 0.05) is 5.75 Å². The van der Waals surface area contributed by atoms with Crippen molar-refractivity contribution in [2.75, 3.05) is 5.75 Å². The Morgan fingerprint density at radius 1 is 0.952 bits per heavy atom. The van der Waals surface area contributed by atoms with Crippen LogP contribution >= 0.6 is 12.6 Å². The van der Waals surface area contributed by atoms with Gasteiger partial charge in [0.05, 0.1) is 6.10 Å². The maximum absolute atomic E-state index is 10.6. The van der Waals surface area contributed by atoms with Crippen LogP contribution in [0.25, 0.3) is 0 Å². The summed E-state index contributed by atoms with van der Waals surface area (Å²) < 4.78 is 0. The fraction of sp³-hybridized carbons (Fsp3) is 0.647. The van der Waals surface area contributed by atoms with E-state index in [1.54, 1.807) is 12.1 Å². The van der Waals surface area contributed by atoms with Crippen molar-refractivity contribution in [2.45, 2.75) is 64.6 Å². The molecule has 0 fully saturated rings. The largest absolute Gasteiger partial charge is 0.507 e. The first kappa shape index (κ1) is 18.3. The Morgan fingerprint density at radius 3 is 1.62 bits per heavy atom. The third kappa shape index (κ3) is 4.15. The Kier molecular flexibility index (Phi) is 5.40. The molecule has 0 heterocycles. The predicted octanol–water partition coefficient (Wildman–Crippen LogP) is 3.31. The Bertz CT molecular complexity index is 463. The van der Waals surface area contributed by atoms with Crippen molar-refractivity contribution in [3.8, 4) is 5.75 Å². The number of phenolic OH excluding ortho intramolecular Hbond substituents is 1. The van der Waals surface area contributed by atoms with Crippen LogP contribution in [-0.2, 0) is 10.8 Å². The highest BCUT2D eigenvalue weighted by molar-refractivity contribution is 7.80. The number of benzene rings is 1. The van der Waals surface area contributed by atoms with Crippen molar-refractivity contribution in [3.63, 3.8) is 0 Å². The molecule has 0 aliphatic carbocycles. The van der Waals surface area contributed by atoms with E-state index in [1.807, 2.05) is 41.5 Å². The normalized spacial score (nSPS) is 15.9. The van der Waals surface area contributed by atoms with Gasteiger partial charge in [0.15, 0.2) is 0 Å². The van der Waals surface area contributed by atoms with Gasteiger partial charge in [-0.05, 0) is 39.7 Å². The molecule has 0 aromatic heterocycles. The second-order valence-corrected chi connectivity index (χ2v) is 8.02. The standard InChI is InChI=1S/C17H28O3S/c1-16(2,3)11-7-10(14(19)13(18)9-21)8-12(15(11)20)17(4,5)6/h7-8,13-14,18-21H,9H2,1-6H3. The van der Waals surface area contributed by atoms with Gasteiger partial charge in [-0.15, -0.1) is 0 Å². The quantitative estimate of drug-likeness (QED) is 0.648. The summed E-state index contributed by atoms with van der Waals surface area (Å²) in [4.78, 5) is 0. The summed E-state index contributed by atoms with van der Waals surface area (Å²) in [6, 6.07) is 3.56. The summed E-state index contributed by atoms with van der Waals surface area (Å²) >= 11 is 4.03. The molecule has 21 heavy (non-hydrogen) atoms. The van der Waals surface area contributed by atoms with Crippen LogP contribution in [0.15, 0.2) is 12.1 Å². The molecule has 0 aliphatic heterocycles. The van der Waals surface area contributed by atoms with Crippen LogP contribution in [0.4, 0.5) is 0 Å². The van der Waals surface area contributed by atoms with E-state index in [2.05, 4.69) is 12.6 Å². The highest BCUT2D eigenvalue weighted by Gasteiger charge is 2.29. The topological polar surface area (TPSA) is 60.7 Å². The highest BCUT2D eigenvalue weighted by atomic mass is 32.1. The van der Waals surface area contributed by atoms with E-state index >= 15 is 0 Å². The minimum Gasteiger partial charge on any atom is -0.507 e. The molecule has 120 valence electrons. The molecule has 0 bridgehead atoms. The van der Waals surface area contributed by atoms with Gasteiger partial charge < -0.3 is 15.3 Å². The average molecular weight is 312 g/mol. The SMILES string of the molecule is CC(C)(C)c1cc(C(O)C(O)CS)cc(C(C)(C)C)c1O. The van der Waals surface area contributed by atoms with Crippen molar-refractivity contribution in [1.82, 2.24) is 0 Å². The molecule has 0 saturated carbocycles. The van der Waals surface area contributed by atoms with E-state index in [9.17, 15) is 15.3 Å². The number of thiol groups is 1. The van der Waals surface area contributed by atoms with Gasteiger partial charge in [0.25, 0.3) is 0 Å². The van der Waals surface area contributed by atoms with Crippen molar-refractivity contribution in [3.05, 3.63) is 28.8 Å². The molecule has 0 amide bonds. The molecular weight excluding hydrogens is 284 g/mol. The van der Waals surface area contributed by atoms with Gasteiger partial charge >= 0.3 is 0 Å². The second kappa shape index (κ2) is 6.19. The summed E-state index contributed by atoms with van der Waals surface area (Å²) in [5, 5.41) is 30.7. The van der Waals surface area contributed by atoms with E-state index in [4.69, 9.17) is 0 Å². The number of hydrogen-bond acceptors (Lipinski definition) is 4. The van der Waals surface area contributed by atoms with E-state index in [0.29, 0.717) is 5.56 Å². The molecule has 2 atom stereocenters. The molecule has 0 spiro atoms. The Balaban J connectivity index is 3.55. The molecule has 1 aromatic rings. The van der Waals surface area contributed by atoms with Crippen molar-refractivity contribution in [1.29, 1.82) is 0 Å². The lowest BCUT2D eigenvalue weighted by atomic mass is 9.77. The second-order valence-electron chi connectivity index (χ2n) is 7.66. The first-order valence-corrected chi connectivity index (χ1v) is 7.87. The van der Waals surface area contributed by atoms with Crippen LogP contribution < -0.4 is 0 Å². The predicted molar refractivity (Wildman–Crippen MR) is 90.3 cm³/mol. The molecular formula is C17H28O3S. The summed E-state index contributed by atoms with van der Waals surface area (Å²) in [5.74, 6) is 0.448. The molecule has 1 aromatic carbocycles. The number of phenols is 1. The van der Waals surface area contributed by atoms with Crippen molar-refractivity contribution in [2.24, 2.45) is 0 Å². The minimum atomic E-state index is -1.01. The zero-order valence-corrected chi connectivity index (χ0v) is 14.7. The van der Waals surface area contributed by atoms with Crippen LogP contribution in [0.3, 0.4) is 0 Å². The minimum absolute atomic E-state index is 0.178. The van der Waals surface area contributed by atoms with Gasteiger partial charge in [0.1, 0.15) is 11.9 Å². The average Bonchev–Trinajstić information content (AvgIpc) is 2.34. The van der Waals surface area contributed by atoms with E-state index in [0.717, 1.165) is 11.1 Å². The van der Waals surface area contributed by atoms with Crippen LogP contribution in [0.5, 0.6) is 5.75 Å². The summed E-state index contributed by atoms with van der Waals surface area (Å²) in [5.41, 5.74) is 1.65. The molecule has 0 aliphatic rings. The molecule has 2 unspecified atom stereocenters.